The number of anilines is 4. The monoisotopic (exact) mass is 454 g/mol. The second kappa shape index (κ2) is 9.01. The summed E-state index contributed by atoms with van der Waals surface area (Å²) >= 11 is 0. The molecule has 1 saturated heterocycles. The Hall–Kier alpha value is -3.37. The fourth-order valence-corrected chi connectivity index (χ4v) is 4.36. The Labute approximate surface area is 187 Å². The van der Waals surface area contributed by atoms with Gasteiger partial charge in [-0.15, -0.1) is 0 Å². The van der Waals surface area contributed by atoms with Crippen LogP contribution in [0.3, 0.4) is 0 Å². The molecule has 1 atom stereocenters. The van der Waals surface area contributed by atoms with Crippen molar-refractivity contribution in [2.45, 2.75) is 17.9 Å². The number of hydrogen-bond donors (Lipinski definition) is 2. The number of para-hydroxylation sites is 1. The minimum Gasteiger partial charge on any atom is -0.491 e. The van der Waals surface area contributed by atoms with E-state index in [1.807, 2.05) is 18.2 Å². The molecule has 0 aliphatic carbocycles. The number of methoxy groups -OCH3 is 1. The second-order valence-corrected chi connectivity index (χ2v) is 9.17. The van der Waals surface area contributed by atoms with Gasteiger partial charge in [0.1, 0.15) is 0 Å². The molecule has 2 heterocycles. The van der Waals surface area contributed by atoms with Crippen molar-refractivity contribution in [2.24, 2.45) is 5.14 Å². The van der Waals surface area contributed by atoms with Crippen LogP contribution < -0.4 is 25.0 Å². The quantitative estimate of drug-likeness (QED) is 0.584. The first-order chi connectivity index (χ1) is 15.3. The number of sulfonamides is 1. The summed E-state index contributed by atoms with van der Waals surface area (Å²) in [5, 5.41) is 8.29. The smallest absolute Gasteiger partial charge is 0.238 e. The van der Waals surface area contributed by atoms with Crippen LogP contribution in [-0.2, 0) is 10.0 Å². The molecule has 1 unspecified atom stereocenters. The Morgan fingerprint density at radius 3 is 2.59 bits per heavy atom. The third-order valence-corrected chi connectivity index (χ3v) is 6.31. The van der Waals surface area contributed by atoms with E-state index in [1.165, 1.54) is 17.8 Å². The highest BCUT2D eigenvalue weighted by molar-refractivity contribution is 7.89. The number of nitrogens with zero attached hydrogens (tertiary/aromatic N) is 4. The van der Waals surface area contributed by atoms with Crippen LogP contribution in [-0.4, -0.2) is 51.2 Å². The van der Waals surface area contributed by atoms with E-state index in [0.717, 1.165) is 19.6 Å². The number of nitrogens with two attached hydrogens (primary N) is 1. The predicted molar refractivity (Wildman–Crippen MR) is 125 cm³/mol. The van der Waals surface area contributed by atoms with Gasteiger partial charge < -0.3 is 19.9 Å². The van der Waals surface area contributed by atoms with Crippen molar-refractivity contribution in [1.29, 1.82) is 0 Å². The van der Waals surface area contributed by atoms with Gasteiger partial charge in [-0.25, -0.2) is 18.5 Å². The second-order valence-electron chi connectivity index (χ2n) is 7.61. The molecule has 0 radical (unpaired) electrons. The number of hydrogen-bond acceptors (Lipinski definition) is 8. The number of rotatable bonds is 6. The van der Waals surface area contributed by atoms with Gasteiger partial charge in [0.2, 0.25) is 16.0 Å². The summed E-state index contributed by atoms with van der Waals surface area (Å²) in [7, 11) is -2.21. The van der Waals surface area contributed by atoms with Crippen molar-refractivity contribution < 1.29 is 13.2 Å². The normalized spacial score (nSPS) is 16.7. The lowest BCUT2D eigenvalue weighted by Gasteiger charge is -2.42. The number of ether oxygens (including phenoxy) is 1. The van der Waals surface area contributed by atoms with Crippen molar-refractivity contribution >= 4 is 33.2 Å². The first-order valence-electron chi connectivity index (χ1n) is 10.2. The first-order valence-corrected chi connectivity index (χ1v) is 11.8. The van der Waals surface area contributed by atoms with E-state index in [1.54, 1.807) is 25.4 Å². The molecule has 1 fully saturated rings. The molecular weight excluding hydrogens is 428 g/mol. The van der Waals surface area contributed by atoms with Crippen LogP contribution in [0.4, 0.5) is 23.1 Å². The van der Waals surface area contributed by atoms with Crippen molar-refractivity contribution in [3.63, 3.8) is 0 Å². The maximum absolute atomic E-state index is 11.6. The molecule has 4 rings (SSSR count). The molecule has 3 aromatic rings. The Bertz CT molecular complexity index is 1190. The van der Waals surface area contributed by atoms with Crippen LogP contribution in [0.2, 0.25) is 0 Å². The molecule has 0 bridgehead atoms. The lowest BCUT2D eigenvalue weighted by Crippen LogP contribution is -2.52. The van der Waals surface area contributed by atoms with E-state index >= 15 is 0 Å². The average molecular weight is 455 g/mol. The van der Waals surface area contributed by atoms with Crippen molar-refractivity contribution in [1.82, 2.24) is 9.97 Å². The van der Waals surface area contributed by atoms with Gasteiger partial charge in [0.05, 0.1) is 18.2 Å². The van der Waals surface area contributed by atoms with Crippen molar-refractivity contribution in [2.75, 3.05) is 41.9 Å². The molecule has 2 aromatic carbocycles. The van der Waals surface area contributed by atoms with E-state index < -0.39 is 10.0 Å². The zero-order valence-corrected chi connectivity index (χ0v) is 18.8. The number of aromatic nitrogens is 2. The fourth-order valence-electron chi connectivity index (χ4n) is 3.80. The highest BCUT2D eigenvalue weighted by Gasteiger charge is 2.27. The van der Waals surface area contributed by atoms with Crippen molar-refractivity contribution in [3.05, 3.63) is 60.8 Å². The fraction of sp³-hybridized carbons (Fsp3) is 0.273. The van der Waals surface area contributed by atoms with Gasteiger partial charge in [-0.1, -0.05) is 24.3 Å². The number of piperazine rings is 1. The van der Waals surface area contributed by atoms with Gasteiger partial charge >= 0.3 is 0 Å². The summed E-state index contributed by atoms with van der Waals surface area (Å²) in [6.45, 7) is 4.61. The van der Waals surface area contributed by atoms with Crippen LogP contribution in [0.1, 0.15) is 6.92 Å². The third-order valence-electron chi connectivity index (χ3n) is 5.40. The van der Waals surface area contributed by atoms with Crippen LogP contribution in [0, 0.1) is 0 Å². The Kier molecular flexibility index (Phi) is 6.15. The van der Waals surface area contributed by atoms with E-state index in [4.69, 9.17) is 9.88 Å². The summed E-state index contributed by atoms with van der Waals surface area (Å²) in [6.07, 6.45) is 1.62. The third kappa shape index (κ3) is 4.76. The number of nitrogens with one attached hydrogen (secondary N) is 1. The van der Waals surface area contributed by atoms with Gasteiger partial charge in [-0.05, 0) is 37.3 Å². The molecule has 1 aliphatic rings. The van der Waals surface area contributed by atoms with Crippen LogP contribution in [0.5, 0.6) is 5.75 Å². The van der Waals surface area contributed by atoms with Gasteiger partial charge in [-0.2, -0.15) is 4.98 Å². The van der Waals surface area contributed by atoms with Crippen LogP contribution in [0.15, 0.2) is 65.7 Å². The highest BCUT2D eigenvalue weighted by atomic mass is 32.2. The molecule has 0 saturated carbocycles. The minimum absolute atomic E-state index is 0.0156. The van der Waals surface area contributed by atoms with Crippen LogP contribution >= 0.6 is 0 Å². The minimum atomic E-state index is -3.80. The highest BCUT2D eigenvalue weighted by Crippen LogP contribution is 2.31. The van der Waals surface area contributed by atoms with E-state index in [9.17, 15) is 8.42 Å². The number of primary sulfonamides is 1. The molecule has 3 N–H and O–H groups in total. The van der Waals surface area contributed by atoms with E-state index in [0.29, 0.717) is 23.2 Å². The van der Waals surface area contributed by atoms with Gasteiger partial charge in [-0.3, -0.25) is 0 Å². The zero-order valence-electron chi connectivity index (χ0n) is 18.0. The van der Waals surface area contributed by atoms with Gasteiger partial charge in [0.15, 0.2) is 11.6 Å². The van der Waals surface area contributed by atoms with E-state index in [2.05, 4.69) is 44.1 Å². The molecule has 0 spiro atoms. The summed E-state index contributed by atoms with van der Waals surface area (Å²) in [5.41, 5.74) is 1.72. The summed E-state index contributed by atoms with van der Waals surface area (Å²) in [5.74, 6) is 1.60. The summed E-state index contributed by atoms with van der Waals surface area (Å²) in [4.78, 5) is 13.6. The molecular formula is C22H26N6O3S. The average Bonchev–Trinajstić information content (AvgIpc) is 2.79. The van der Waals surface area contributed by atoms with E-state index in [-0.39, 0.29) is 10.9 Å². The van der Waals surface area contributed by atoms with Gasteiger partial charge in [0.25, 0.3) is 0 Å². The molecule has 9 nitrogen and oxygen atoms in total. The zero-order chi connectivity index (χ0) is 22.7. The van der Waals surface area contributed by atoms with Gasteiger partial charge in [0, 0.05) is 37.1 Å². The Balaban J connectivity index is 1.56. The molecule has 1 aromatic heterocycles. The molecule has 1 aliphatic heterocycles. The van der Waals surface area contributed by atoms with Crippen LogP contribution in [0.25, 0.3) is 0 Å². The lowest BCUT2D eigenvalue weighted by atomic mass is 10.1. The summed E-state index contributed by atoms with van der Waals surface area (Å²) < 4.78 is 28.8. The molecule has 10 heteroatoms. The maximum Gasteiger partial charge on any atom is 0.238 e. The SMILES string of the molecule is COc1cnc(Nc2cccc(S(N)(=O)=O)c2)nc1N1CCN(c2ccccc2)CC1C. The first kappa shape index (κ1) is 21.8. The molecule has 168 valence electrons. The number of benzene rings is 2. The molecule has 32 heavy (non-hydrogen) atoms. The standard InChI is InChI=1S/C22H26N6O3S/c1-16-15-27(18-8-4-3-5-9-18)11-12-28(16)21-20(31-2)14-24-22(26-21)25-17-7-6-10-19(13-17)32(23,29)30/h3-10,13-14,16H,11-12,15H2,1-2H3,(H2,23,29,30)(H,24,25,26). The molecule has 0 amide bonds. The topological polar surface area (TPSA) is 114 Å². The lowest BCUT2D eigenvalue weighted by molar-refractivity contribution is 0.406. The Morgan fingerprint density at radius 1 is 1.12 bits per heavy atom. The Morgan fingerprint density at radius 2 is 1.91 bits per heavy atom. The predicted octanol–water partition coefficient (Wildman–Crippen LogP) is 2.59. The van der Waals surface area contributed by atoms with Crippen molar-refractivity contribution in [3.8, 4) is 5.75 Å². The maximum atomic E-state index is 11.6. The summed E-state index contributed by atoms with van der Waals surface area (Å²) in [6, 6.07) is 16.7. The largest absolute Gasteiger partial charge is 0.491 e.